The summed E-state index contributed by atoms with van der Waals surface area (Å²) in [6.45, 7) is 2.12. The van der Waals surface area contributed by atoms with Crippen molar-refractivity contribution in [3.63, 3.8) is 0 Å². The molecule has 1 aromatic carbocycles. The highest BCUT2D eigenvalue weighted by Crippen LogP contribution is 2.19. The zero-order valence-corrected chi connectivity index (χ0v) is 13.8. The highest BCUT2D eigenvalue weighted by Gasteiger charge is 2.14. The summed E-state index contributed by atoms with van der Waals surface area (Å²) in [6, 6.07) is 13.2. The molecule has 126 valence electrons. The summed E-state index contributed by atoms with van der Waals surface area (Å²) in [6.07, 6.45) is 5.70. The first-order chi connectivity index (χ1) is 11.7. The van der Waals surface area contributed by atoms with Gasteiger partial charge in [-0.15, -0.1) is 0 Å². The van der Waals surface area contributed by atoms with E-state index in [0.29, 0.717) is 5.69 Å². The van der Waals surface area contributed by atoms with Crippen LogP contribution >= 0.6 is 0 Å². The Balaban J connectivity index is 1.54. The van der Waals surface area contributed by atoms with E-state index in [4.69, 9.17) is 5.73 Å². The molecule has 1 aromatic heterocycles. The minimum Gasteiger partial charge on any atom is -0.357 e. The molecule has 5 heteroatoms. The van der Waals surface area contributed by atoms with Crippen LogP contribution in [0.1, 0.15) is 37.3 Å². The lowest BCUT2D eigenvalue weighted by Gasteiger charge is -2.27. The van der Waals surface area contributed by atoms with Gasteiger partial charge in [-0.2, -0.15) is 0 Å². The summed E-state index contributed by atoms with van der Waals surface area (Å²) in [5.74, 6) is 0.882. The van der Waals surface area contributed by atoms with E-state index in [1.54, 1.807) is 6.20 Å². The van der Waals surface area contributed by atoms with Crippen molar-refractivity contribution in [3.05, 3.63) is 54.2 Å². The Morgan fingerprint density at radius 2 is 1.88 bits per heavy atom. The minimum atomic E-state index is -0.299. The van der Waals surface area contributed by atoms with Crippen LogP contribution < -0.4 is 16.0 Å². The molecule has 0 spiro atoms. The first kappa shape index (κ1) is 16.5. The zero-order valence-electron chi connectivity index (χ0n) is 13.8. The highest BCUT2D eigenvalue weighted by molar-refractivity contribution is 5.91. The molecule has 1 aliphatic heterocycles. The number of anilines is 2. The number of pyridine rings is 1. The van der Waals surface area contributed by atoms with Crippen LogP contribution in [0.2, 0.25) is 0 Å². The van der Waals surface area contributed by atoms with Crippen LogP contribution in [0.25, 0.3) is 0 Å². The predicted molar refractivity (Wildman–Crippen MR) is 96.9 cm³/mol. The molecule has 1 aliphatic rings. The Morgan fingerprint density at radius 1 is 1.12 bits per heavy atom. The summed E-state index contributed by atoms with van der Waals surface area (Å²) < 4.78 is 0. The van der Waals surface area contributed by atoms with Crippen molar-refractivity contribution in [1.29, 1.82) is 0 Å². The van der Waals surface area contributed by atoms with Gasteiger partial charge in [0.15, 0.2) is 0 Å². The van der Waals surface area contributed by atoms with Gasteiger partial charge in [0.25, 0.3) is 0 Å². The molecule has 2 aromatic rings. The van der Waals surface area contributed by atoms with Crippen LogP contribution in [0.3, 0.4) is 0 Å². The quantitative estimate of drug-likeness (QED) is 0.886. The smallest absolute Gasteiger partial charge is 0.226 e. The van der Waals surface area contributed by atoms with Crippen molar-refractivity contribution < 1.29 is 4.79 Å². The van der Waals surface area contributed by atoms with Gasteiger partial charge >= 0.3 is 0 Å². The fraction of sp³-hybridized carbons (Fsp3) is 0.368. The van der Waals surface area contributed by atoms with Gasteiger partial charge in [-0.1, -0.05) is 30.3 Å². The third-order valence-electron chi connectivity index (χ3n) is 4.34. The standard InChI is InChI=1S/C19H24N4O/c20-17(15-7-3-1-4-8-15)13-19(24)22-16-9-10-18(21-14-16)23-11-5-2-6-12-23/h1,3-4,7-10,14,17H,2,5-6,11-13,20H2,(H,22,24). The molecule has 1 amide bonds. The summed E-state index contributed by atoms with van der Waals surface area (Å²) in [4.78, 5) is 18.9. The SMILES string of the molecule is NC(CC(=O)Nc1ccc(N2CCCCC2)nc1)c1ccccc1. The number of nitrogens with zero attached hydrogens (tertiary/aromatic N) is 2. The minimum absolute atomic E-state index is 0.0983. The van der Waals surface area contributed by atoms with Crippen molar-refractivity contribution in [1.82, 2.24) is 4.98 Å². The largest absolute Gasteiger partial charge is 0.357 e. The van der Waals surface area contributed by atoms with Crippen molar-refractivity contribution in [2.24, 2.45) is 5.73 Å². The molecular formula is C19H24N4O. The highest BCUT2D eigenvalue weighted by atomic mass is 16.1. The lowest BCUT2D eigenvalue weighted by molar-refractivity contribution is -0.116. The number of carbonyl (C=O) groups excluding carboxylic acids is 1. The topological polar surface area (TPSA) is 71.2 Å². The number of nitrogens with one attached hydrogen (secondary N) is 1. The first-order valence-electron chi connectivity index (χ1n) is 8.54. The van der Waals surface area contributed by atoms with Gasteiger partial charge in [0.1, 0.15) is 5.82 Å². The maximum atomic E-state index is 12.2. The maximum absolute atomic E-state index is 12.2. The normalized spacial score (nSPS) is 15.8. The van der Waals surface area contributed by atoms with E-state index >= 15 is 0 Å². The molecule has 1 fully saturated rings. The van der Waals surface area contributed by atoms with E-state index in [1.807, 2.05) is 42.5 Å². The molecule has 3 N–H and O–H groups in total. The second-order valence-electron chi connectivity index (χ2n) is 6.22. The Kier molecular flexibility index (Phi) is 5.43. The van der Waals surface area contributed by atoms with Gasteiger partial charge in [0, 0.05) is 25.6 Å². The van der Waals surface area contributed by atoms with E-state index in [0.717, 1.165) is 24.5 Å². The predicted octanol–water partition coefficient (Wildman–Crippen LogP) is 3.10. The molecule has 24 heavy (non-hydrogen) atoms. The summed E-state index contributed by atoms with van der Waals surface area (Å²) >= 11 is 0. The van der Waals surface area contributed by atoms with E-state index in [2.05, 4.69) is 15.2 Å². The van der Waals surface area contributed by atoms with Crippen LogP contribution in [0.15, 0.2) is 48.7 Å². The first-order valence-corrected chi connectivity index (χ1v) is 8.54. The van der Waals surface area contributed by atoms with Gasteiger partial charge in [0.2, 0.25) is 5.91 Å². The summed E-state index contributed by atoms with van der Waals surface area (Å²) in [5.41, 5.74) is 7.76. The molecule has 0 radical (unpaired) electrons. The monoisotopic (exact) mass is 324 g/mol. The van der Waals surface area contributed by atoms with E-state index in [9.17, 15) is 4.79 Å². The number of carbonyl (C=O) groups is 1. The van der Waals surface area contributed by atoms with Crippen molar-refractivity contribution in [2.75, 3.05) is 23.3 Å². The molecule has 5 nitrogen and oxygen atoms in total. The van der Waals surface area contributed by atoms with Gasteiger partial charge < -0.3 is 16.0 Å². The molecule has 1 saturated heterocycles. The number of rotatable bonds is 5. The van der Waals surface area contributed by atoms with Crippen LogP contribution in [-0.2, 0) is 4.79 Å². The Hall–Kier alpha value is -2.40. The van der Waals surface area contributed by atoms with E-state index < -0.39 is 0 Å². The molecule has 1 unspecified atom stereocenters. The van der Waals surface area contributed by atoms with Crippen LogP contribution in [0.4, 0.5) is 11.5 Å². The number of amides is 1. The molecular weight excluding hydrogens is 300 g/mol. The molecule has 1 atom stereocenters. The van der Waals surface area contributed by atoms with Crippen molar-refractivity contribution >= 4 is 17.4 Å². The third-order valence-corrected chi connectivity index (χ3v) is 4.34. The lowest BCUT2D eigenvalue weighted by atomic mass is 10.0. The molecule has 3 rings (SSSR count). The fourth-order valence-corrected chi connectivity index (χ4v) is 3.00. The summed E-state index contributed by atoms with van der Waals surface area (Å²) in [5, 5.41) is 2.87. The number of nitrogens with two attached hydrogens (primary N) is 1. The van der Waals surface area contributed by atoms with E-state index in [1.165, 1.54) is 19.3 Å². The Bertz CT molecular complexity index is 651. The number of aromatic nitrogens is 1. The number of benzene rings is 1. The zero-order chi connectivity index (χ0) is 16.8. The maximum Gasteiger partial charge on any atom is 0.226 e. The molecule has 0 bridgehead atoms. The van der Waals surface area contributed by atoms with Crippen molar-refractivity contribution in [2.45, 2.75) is 31.7 Å². The fourth-order valence-electron chi connectivity index (χ4n) is 3.00. The van der Waals surface area contributed by atoms with Crippen LogP contribution in [0, 0.1) is 0 Å². The van der Waals surface area contributed by atoms with Crippen LogP contribution in [0.5, 0.6) is 0 Å². The second-order valence-corrected chi connectivity index (χ2v) is 6.22. The molecule has 0 aliphatic carbocycles. The van der Waals surface area contributed by atoms with Gasteiger partial charge in [0.05, 0.1) is 11.9 Å². The van der Waals surface area contributed by atoms with Gasteiger partial charge in [-0.25, -0.2) is 4.98 Å². The van der Waals surface area contributed by atoms with E-state index in [-0.39, 0.29) is 18.4 Å². The third kappa shape index (κ3) is 4.32. The Labute approximate surface area is 142 Å². The number of piperidine rings is 1. The Morgan fingerprint density at radius 3 is 2.54 bits per heavy atom. The number of hydrogen-bond acceptors (Lipinski definition) is 4. The van der Waals surface area contributed by atoms with Gasteiger partial charge in [-0.05, 0) is 37.0 Å². The average Bonchev–Trinajstić information content (AvgIpc) is 2.64. The second kappa shape index (κ2) is 7.93. The number of hydrogen-bond donors (Lipinski definition) is 2. The van der Waals surface area contributed by atoms with Crippen molar-refractivity contribution in [3.8, 4) is 0 Å². The lowest BCUT2D eigenvalue weighted by Crippen LogP contribution is -2.30. The van der Waals surface area contributed by atoms with Crippen LogP contribution in [-0.4, -0.2) is 24.0 Å². The molecule has 0 saturated carbocycles. The molecule has 2 heterocycles. The average molecular weight is 324 g/mol. The van der Waals surface area contributed by atoms with Gasteiger partial charge in [-0.3, -0.25) is 4.79 Å². The summed E-state index contributed by atoms with van der Waals surface area (Å²) in [7, 11) is 0.